The van der Waals surface area contributed by atoms with Crippen LogP contribution in [0.1, 0.15) is 57.8 Å². The third-order valence-electron chi connectivity index (χ3n) is 7.24. The molecule has 4 rings (SSSR count). The Hall–Kier alpha value is -0.660. The molecule has 26 heavy (non-hydrogen) atoms. The molecule has 1 N–H and O–H groups in total. The normalized spacial score (nSPS) is 30.9. The first-order valence-electron chi connectivity index (χ1n) is 10.5. The average molecular weight is 384 g/mol. The molecule has 0 aromatic carbocycles. The minimum Gasteiger partial charge on any atom is -0.341 e. The van der Waals surface area contributed by atoms with Gasteiger partial charge < -0.3 is 10.2 Å². The van der Waals surface area contributed by atoms with E-state index in [1.807, 2.05) is 4.90 Å². The Morgan fingerprint density at radius 2 is 1.69 bits per heavy atom. The summed E-state index contributed by atoms with van der Waals surface area (Å²) >= 11 is 0. The second-order valence-electron chi connectivity index (χ2n) is 8.91. The standard InChI is InChI=1S/C19H33N3O3S/c23-18(16-4-1-2-5-16)21-12-3-6-17(14-21)26(24,25)22-13-9-19(15-22)7-10-20-11-8-19/h16-17,20H,1-15H2. The van der Waals surface area contributed by atoms with Crippen LogP contribution in [0.25, 0.3) is 0 Å². The van der Waals surface area contributed by atoms with Crippen LogP contribution >= 0.6 is 0 Å². The van der Waals surface area contributed by atoms with Crippen LogP contribution in [0, 0.1) is 11.3 Å². The molecule has 0 aromatic rings. The highest BCUT2D eigenvalue weighted by Crippen LogP contribution is 2.40. The average Bonchev–Trinajstić information content (AvgIpc) is 3.33. The fourth-order valence-electron chi connectivity index (χ4n) is 5.50. The molecule has 3 saturated heterocycles. The molecule has 4 fully saturated rings. The van der Waals surface area contributed by atoms with Crippen LogP contribution in [0.4, 0.5) is 0 Å². The van der Waals surface area contributed by atoms with E-state index in [1.54, 1.807) is 4.31 Å². The predicted octanol–water partition coefficient (Wildman–Crippen LogP) is 1.57. The van der Waals surface area contributed by atoms with Crippen molar-refractivity contribution in [2.24, 2.45) is 11.3 Å². The van der Waals surface area contributed by atoms with E-state index in [9.17, 15) is 13.2 Å². The predicted molar refractivity (Wildman–Crippen MR) is 101 cm³/mol. The van der Waals surface area contributed by atoms with Gasteiger partial charge in [-0.25, -0.2) is 12.7 Å². The maximum atomic E-state index is 13.3. The number of rotatable bonds is 3. The summed E-state index contributed by atoms with van der Waals surface area (Å²) in [6.45, 7) is 4.49. The van der Waals surface area contributed by atoms with Gasteiger partial charge in [-0.1, -0.05) is 12.8 Å². The number of sulfonamides is 1. The Kier molecular flexibility index (Phi) is 5.32. The first-order chi connectivity index (χ1) is 12.5. The molecule has 1 saturated carbocycles. The molecule has 1 unspecified atom stereocenters. The van der Waals surface area contributed by atoms with E-state index in [4.69, 9.17) is 0 Å². The minimum absolute atomic E-state index is 0.140. The second kappa shape index (κ2) is 7.40. The van der Waals surface area contributed by atoms with Crippen molar-refractivity contribution in [2.75, 3.05) is 39.3 Å². The number of piperidine rings is 2. The molecule has 6 nitrogen and oxygen atoms in total. The van der Waals surface area contributed by atoms with Crippen molar-refractivity contribution >= 4 is 15.9 Å². The maximum absolute atomic E-state index is 13.3. The summed E-state index contributed by atoms with van der Waals surface area (Å²) in [5.41, 5.74) is 0.187. The highest BCUT2D eigenvalue weighted by Gasteiger charge is 2.46. The maximum Gasteiger partial charge on any atom is 0.225 e. The number of carbonyl (C=O) groups is 1. The molecule has 1 atom stereocenters. The molecule has 0 aromatic heterocycles. The highest BCUT2D eigenvalue weighted by molar-refractivity contribution is 7.89. The fraction of sp³-hybridized carbons (Fsp3) is 0.947. The van der Waals surface area contributed by atoms with Crippen molar-refractivity contribution in [2.45, 2.75) is 63.0 Å². The molecule has 7 heteroatoms. The van der Waals surface area contributed by atoms with Crippen molar-refractivity contribution in [3.63, 3.8) is 0 Å². The van der Waals surface area contributed by atoms with Gasteiger partial charge in [0, 0.05) is 32.1 Å². The quantitative estimate of drug-likeness (QED) is 0.803. The number of likely N-dealkylation sites (tertiary alicyclic amines) is 1. The van der Waals surface area contributed by atoms with Gasteiger partial charge in [0.05, 0.1) is 5.25 Å². The zero-order chi connectivity index (χ0) is 18.2. The second-order valence-corrected chi connectivity index (χ2v) is 11.1. The number of hydrogen-bond acceptors (Lipinski definition) is 4. The Balaban J connectivity index is 1.41. The molecular weight excluding hydrogens is 350 g/mol. The van der Waals surface area contributed by atoms with Crippen molar-refractivity contribution in [3.05, 3.63) is 0 Å². The molecule has 3 aliphatic heterocycles. The summed E-state index contributed by atoms with van der Waals surface area (Å²) in [5.74, 6) is 0.347. The van der Waals surface area contributed by atoms with E-state index in [1.165, 1.54) is 0 Å². The van der Waals surface area contributed by atoms with Gasteiger partial charge in [-0.15, -0.1) is 0 Å². The minimum atomic E-state index is -3.31. The Morgan fingerprint density at radius 1 is 0.962 bits per heavy atom. The third kappa shape index (κ3) is 3.54. The first-order valence-corrected chi connectivity index (χ1v) is 12.0. The lowest BCUT2D eigenvalue weighted by Gasteiger charge is -2.37. The van der Waals surface area contributed by atoms with Gasteiger partial charge in [0.15, 0.2) is 0 Å². The fourth-order valence-corrected chi connectivity index (χ4v) is 7.55. The van der Waals surface area contributed by atoms with Crippen molar-refractivity contribution < 1.29 is 13.2 Å². The molecule has 148 valence electrons. The monoisotopic (exact) mass is 383 g/mol. The zero-order valence-electron chi connectivity index (χ0n) is 15.8. The van der Waals surface area contributed by atoms with E-state index in [0.29, 0.717) is 26.1 Å². The summed E-state index contributed by atoms with van der Waals surface area (Å²) in [4.78, 5) is 14.6. The largest absolute Gasteiger partial charge is 0.341 e. The summed E-state index contributed by atoms with van der Waals surface area (Å²) in [6, 6.07) is 0. The zero-order valence-corrected chi connectivity index (χ0v) is 16.6. The van der Waals surface area contributed by atoms with Gasteiger partial charge >= 0.3 is 0 Å². The van der Waals surface area contributed by atoms with Crippen molar-refractivity contribution in [1.29, 1.82) is 0 Å². The topological polar surface area (TPSA) is 69.7 Å². The van der Waals surface area contributed by atoms with E-state index in [0.717, 1.165) is 71.0 Å². The molecule has 1 aliphatic carbocycles. The van der Waals surface area contributed by atoms with E-state index in [-0.39, 0.29) is 17.2 Å². The van der Waals surface area contributed by atoms with Gasteiger partial charge in [-0.05, 0) is 63.5 Å². The van der Waals surface area contributed by atoms with E-state index >= 15 is 0 Å². The van der Waals surface area contributed by atoms with Crippen LogP contribution in [0.3, 0.4) is 0 Å². The molecule has 1 spiro atoms. The number of carbonyl (C=O) groups excluding carboxylic acids is 1. The highest BCUT2D eigenvalue weighted by atomic mass is 32.2. The Bertz CT molecular complexity index is 624. The van der Waals surface area contributed by atoms with Crippen molar-refractivity contribution in [3.8, 4) is 0 Å². The van der Waals surface area contributed by atoms with Gasteiger partial charge in [0.1, 0.15) is 0 Å². The van der Waals surface area contributed by atoms with Crippen LogP contribution in [0.2, 0.25) is 0 Å². The molecular formula is C19H33N3O3S. The molecule has 1 amide bonds. The number of nitrogens with one attached hydrogen (secondary N) is 1. The smallest absolute Gasteiger partial charge is 0.225 e. The molecule has 3 heterocycles. The van der Waals surface area contributed by atoms with Crippen molar-refractivity contribution in [1.82, 2.24) is 14.5 Å². The summed E-state index contributed by atoms with van der Waals surface area (Å²) in [7, 11) is -3.31. The van der Waals surface area contributed by atoms with Crippen LogP contribution in [-0.4, -0.2) is 68.0 Å². The van der Waals surface area contributed by atoms with E-state index in [2.05, 4.69) is 5.32 Å². The van der Waals surface area contributed by atoms with Crippen LogP contribution in [0.15, 0.2) is 0 Å². The van der Waals surface area contributed by atoms with Gasteiger partial charge in [-0.3, -0.25) is 4.79 Å². The van der Waals surface area contributed by atoms with Gasteiger partial charge in [-0.2, -0.15) is 0 Å². The number of amides is 1. The molecule has 0 bridgehead atoms. The van der Waals surface area contributed by atoms with Gasteiger partial charge in [0.25, 0.3) is 0 Å². The molecule has 0 radical (unpaired) electrons. The van der Waals surface area contributed by atoms with E-state index < -0.39 is 15.3 Å². The summed E-state index contributed by atoms with van der Waals surface area (Å²) in [5, 5.41) is 2.98. The van der Waals surface area contributed by atoms with Crippen LogP contribution < -0.4 is 5.32 Å². The third-order valence-corrected chi connectivity index (χ3v) is 9.50. The summed E-state index contributed by atoms with van der Waals surface area (Å²) < 4.78 is 28.3. The SMILES string of the molecule is O=C(C1CCCC1)N1CCCC(S(=O)(=O)N2CCC3(CCNCC3)C2)C1. The summed E-state index contributed by atoms with van der Waals surface area (Å²) in [6.07, 6.45) is 8.89. The van der Waals surface area contributed by atoms with Crippen LogP contribution in [0.5, 0.6) is 0 Å². The lowest BCUT2D eigenvalue weighted by Crippen LogP contribution is -2.50. The Labute approximate surface area is 157 Å². The lowest BCUT2D eigenvalue weighted by atomic mass is 9.78. The molecule has 4 aliphatic rings. The number of nitrogens with zero attached hydrogens (tertiary/aromatic N) is 2. The lowest BCUT2D eigenvalue weighted by molar-refractivity contribution is -0.136. The first kappa shape index (κ1) is 18.7. The Morgan fingerprint density at radius 3 is 2.42 bits per heavy atom. The van der Waals surface area contributed by atoms with Gasteiger partial charge in [0.2, 0.25) is 15.9 Å². The number of hydrogen-bond donors (Lipinski definition) is 1. The van der Waals surface area contributed by atoms with Crippen LogP contribution in [-0.2, 0) is 14.8 Å².